The Morgan fingerprint density at radius 2 is 2.10 bits per heavy atom. The van der Waals surface area contributed by atoms with Gasteiger partial charge in [-0.25, -0.2) is 4.79 Å². The van der Waals surface area contributed by atoms with E-state index in [0.29, 0.717) is 13.0 Å². The van der Waals surface area contributed by atoms with Gasteiger partial charge in [-0.15, -0.1) is 0 Å². The van der Waals surface area contributed by atoms with Gasteiger partial charge in [0.1, 0.15) is 12.1 Å². The van der Waals surface area contributed by atoms with Gasteiger partial charge in [0.2, 0.25) is 5.91 Å². The predicted octanol–water partition coefficient (Wildman–Crippen LogP) is -0.0348. The van der Waals surface area contributed by atoms with Crippen molar-refractivity contribution in [3.8, 4) is 0 Å². The normalized spacial score (nSPS) is 25.6. The number of rotatable bonds is 5. The summed E-state index contributed by atoms with van der Waals surface area (Å²) in [5.74, 6) is -0.576. The molecule has 7 nitrogen and oxygen atoms in total. The van der Waals surface area contributed by atoms with Crippen LogP contribution in [0.2, 0.25) is 0 Å². The average Bonchev–Trinajstić information content (AvgIpc) is 2.70. The maximum absolute atomic E-state index is 12.5. The number of nitrogens with one attached hydrogen (secondary N) is 3. The van der Waals surface area contributed by atoms with Gasteiger partial charge in [-0.05, 0) is 32.2 Å². The second-order valence-electron chi connectivity index (χ2n) is 5.76. The first-order valence-electron chi connectivity index (χ1n) is 7.66. The van der Waals surface area contributed by atoms with E-state index in [1.165, 1.54) is 0 Å². The third-order valence-corrected chi connectivity index (χ3v) is 4.28. The summed E-state index contributed by atoms with van der Waals surface area (Å²) in [6, 6.07) is -0.382. The maximum atomic E-state index is 12.5. The van der Waals surface area contributed by atoms with Crippen LogP contribution in [0.5, 0.6) is 0 Å². The lowest BCUT2D eigenvalue weighted by molar-refractivity contribution is -0.135. The Morgan fingerprint density at radius 1 is 1.38 bits per heavy atom. The number of hydrogen-bond acceptors (Lipinski definition) is 4. The molecular weight excluding hydrogens is 272 g/mol. The zero-order chi connectivity index (χ0) is 15.5. The second-order valence-corrected chi connectivity index (χ2v) is 5.76. The van der Waals surface area contributed by atoms with Crippen molar-refractivity contribution in [2.45, 2.75) is 51.1 Å². The van der Waals surface area contributed by atoms with Crippen molar-refractivity contribution >= 4 is 17.8 Å². The molecule has 0 bridgehead atoms. The molecule has 2 fully saturated rings. The van der Waals surface area contributed by atoms with Crippen molar-refractivity contribution in [3.63, 3.8) is 0 Å². The van der Waals surface area contributed by atoms with Crippen LogP contribution in [-0.2, 0) is 9.59 Å². The lowest BCUT2D eigenvalue weighted by Gasteiger charge is -2.31. The lowest BCUT2D eigenvalue weighted by atomic mass is 9.90. The SMILES string of the molecule is CCC(CC)NC(=O)CN1C(=O)NC2(CCCNC2)C1=O. The Bertz CT molecular complexity index is 428. The fourth-order valence-corrected chi connectivity index (χ4v) is 2.92. The molecule has 21 heavy (non-hydrogen) atoms. The third kappa shape index (κ3) is 3.18. The predicted molar refractivity (Wildman–Crippen MR) is 77.6 cm³/mol. The Balaban J connectivity index is 1.98. The molecule has 7 heteroatoms. The van der Waals surface area contributed by atoms with Crippen LogP contribution in [0.1, 0.15) is 39.5 Å². The third-order valence-electron chi connectivity index (χ3n) is 4.28. The molecule has 3 N–H and O–H groups in total. The lowest BCUT2D eigenvalue weighted by Crippen LogP contribution is -2.57. The minimum atomic E-state index is -0.857. The summed E-state index contributed by atoms with van der Waals surface area (Å²) in [5.41, 5.74) is -0.857. The summed E-state index contributed by atoms with van der Waals surface area (Å²) in [7, 11) is 0. The first kappa shape index (κ1) is 15.8. The van der Waals surface area contributed by atoms with Gasteiger partial charge >= 0.3 is 6.03 Å². The van der Waals surface area contributed by atoms with Crippen molar-refractivity contribution in [2.75, 3.05) is 19.6 Å². The van der Waals surface area contributed by atoms with Crippen LogP contribution in [-0.4, -0.2) is 54.0 Å². The van der Waals surface area contributed by atoms with E-state index in [1.54, 1.807) is 0 Å². The van der Waals surface area contributed by atoms with Crippen molar-refractivity contribution < 1.29 is 14.4 Å². The molecule has 2 rings (SSSR count). The first-order valence-corrected chi connectivity index (χ1v) is 7.66. The van der Waals surface area contributed by atoms with Crippen molar-refractivity contribution in [3.05, 3.63) is 0 Å². The van der Waals surface area contributed by atoms with E-state index in [1.807, 2.05) is 13.8 Å². The van der Waals surface area contributed by atoms with Gasteiger partial charge in [0.15, 0.2) is 0 Å². The number of carbonyl (C=O) groups excluding carboxylic acids is 3. The number of amides is 4. The zero-order valence-corrected chi connectivity index (χ0v) is 12.7. The number of imide groups is 1. The first-order chi connectivity index (χ1) is 10.0. The minimum Gasteiger partial charge on any atom is -0.352 e. The van der Waals surface area contributed by atoms with Crippen molar-refractivity contribution in [1.82, 2.24) is 20.9 Å². The van der Waals surface area contributed by atoms with E-state index in [9.17, 15) is 14.4 Å². The Hall–Kier alpha value is -1.63. The van der Waals surface area contributed by atoms with Crippen LogP contribution in [0.3, 0.4) is 0 Å². The van der Waals surface area contributed by atoms with E-state index in [4.69, 9.17) is 0 Å². The molecule has 2 heterocycles. The largest absolute Gasteiger partial charge is 0.352 e. The summed E-state index contributed by atoms with van der Waals surface area (Å²) in [4.78, 5) is 37.5. The maximum Gasteiger partial charge on any atom is 0.325 e. The minimum absolute atomic E-state index is 0.0866. The topological polar surface area (TPSA) is 90.5 Å². The Kier molecular flexibility index (Phi) is 4.82. The van der Waals surface area contributed by atoms with Gasteiger partial charge in [-0.1, -0.05) is 13.8 Å². The summed E-state index contributed by atoms with van der Waals surface area (Å²) in [5, 5.41) is 8.73. The highest BCUT2D eigenvalue weighted by atomic mass is 16.2. The standard InChI is InChI=1S/C14H24N4O3/c1-3-10(4-2)16-11(19)8-18-12(20)14(17-13(18)21)6-5-7-15-9-14/h10,15H,3-9H2,1-2H3,(H,16,19)(H,17,21). The second kappa shape index (κ2) is 6.43. The summed E-state index contributed by atoms with van der Waals surface area (Å²) < 4.78 is 0. The van der Waals surface area contributed by atoms with E-state index in [-0.39, 0.29) is 24.4 Å². The van der Waals surface area contributed by atoms with Gasteiger partial charge in [-0.2, -0.15) is 0 Å². The summed E-state index contributed by atoms with van der Waals surface area (Å²) in [6.45, 7) is 5.06. The average molecular weight is 296 g/mol. The number of urea groups is 1. The number of piperidine rings is 1. The summed E-state index contributed by atoms with van der Waals surface area (Å²) in [6.07, 6.45) is 3.11. The van der Waals surface area contributed by atoms with Crippen LogP contribution in [0.25, 0.3) is 0 Å². The van der Waals surface area contributed by atoms with Crippen LogP contribution < -0.4 is 16.0 Å². The molecule has 0 aromatic carbocycles. The number of carbonyl (C=O) groups is 3. The molecule has 1 unspecified atom stereocenters. The van der Waals surface area contributed by atoms with Gasteiger partial charge in [0, 0.05) is 12.6 Å². The molecule has 0 aromatic rings. The highest BCUT2D eigenvalue weighted by Crippen LogP contribution is 2.24. The van der Waals surface area contributed by atoms with Gasteiger partial charge < -0.3 is 16.0 Å². The van der Waals surface area contributed by atoms with Gasteiger partial charge in [0.05, 0.1) is 0 Å². The molecule has 0 aliphatic carbocycles. The van der Waals surface area contributed by atoms with Crippen molar-refractivity contribution in [1.29, 1.82) is 0 Å². The molecule has 2 aliphatic heterocycles. The molecule has 2 saturated heterocycles. The smallest absolute Gasteiger partial charge is 0.325 e. The highest BCUT2D eigenvalue weighted by molar-refractivity contribution is 6.09. The van der Waals surface area contributed by atoms with E-state index >= 15 is 0 Å². The molecule has 118 valence electrons. The fourth-order valence-electron chi connectivity index (χ4n) is 2.92. The molecule has 1 spiro atoms. The Labute approximate surface area is 124 Å². The Morgan fingerprint density at radius 3 is 2.67 bits per heavy atom. The van der Waals surface area contributed by atoms with Crippen molar-refractivity contribution in [2.24, 2.45) is 0 Å². The molecular formula is C14H24N4O3. The van der Waals surface area contributed by atoms with Gasteiger partial charge in [-0.3, -0.25) is 14.5 Å². The molecule has 4 amide bonds. The molecule has 0 radical (unpaired) electrons. The highest BCUT2D eigenvalue weighted by Gasteiger charge is 2.51. The molecule has 2 aliphatic rings. The van der Waals surface area contributed by atoms with Crippen LogP contribution >= 0.6 is 0 Å². The van der Waals surface area contributed by atoms with Gasteiger partial charge in [0.25, 0.3) is 5.91 Å². The van der Waals surface area contributed by atoms with E-state index in [0.717, 1.165) is 30.7 Å². The van der Waals surface area contributed by atoms with E-state index in [2.05, 4.69) is 16.0 Å². The quantitative estimate of drug-likeness (QED) is 0.621. The van der Waals surface area contributed by atoms with Crippen LogP contribution in [0, 0.1) is 0 Å². The number of hydrogen-bond donors (Lipinski definition) is 3. The number of nitrogens with zero attached hydrogens (tertiary/aromatic N) is 1. The van der Waals surface area contributed by atoms with E-state index < -0.39 is 11.6 Å². The molecule has 0 aromatic heterocycles. The summed E-state index contributed by atoms with van der Waals surface area (Å²) >= 11 is 0. The zero-order valence-electron chi connectivity index (χ0n) is 12.7. The molecule has 0 saturated carbocycles. The monoisotopic (exact) mass is 296 g/mol. The molecule has 1 atom stereocenters. The van der Waals surface area contributed by atoms with Crippen LogP contribution in [0.15, 0.2) is 0 Å². The van der Waals surface area contributed by atoms with Crippen LogP contribution in [0.4, 0.5) is 4.79 Å². The fraction of sp³-hybridized carbons (Fsp3) is 0.786.